The van der Waals surface area contributed by atoms with Crippen molar-refractivity contribution in [1.82, 2.24) is 9.97 Å². The van der Waals surface area contributed by atoms with Crippen LogP contribution in [0.3, 0.4) is 0 Å². The largest absolute Gasteiger partial charge is 0.384 e. The van der Waals surface area contributed by atoms with Gasteiger partial charge in [0.05, 0.1) is 0 Å². The van der Waals surface area contributed by atoms with Gasteiger partial charge in [0.1, 0.15) is 18.2 Å². The summed E-state index contributed by atoms with van der Waals surface area (Å²) in [5, 5.41) is 3.37. The molecule has 100 valence electrons. The molecule has 3 N–H and O–H groups in total. The molecule has 0 aromatic carbocycles. The Morgan fingerprint density at radius 1 is 1.50 bits per heavy atom. The standard InChI is InChI=1S/C12H20N4OS/c1-17-7-11-15-9(13)6-10(16-11)14-8-12(18-2)4-3-5-12/h6H,3-5,7-8H2,1-2H3,(H3,13,14,15,16). The average Bonchev–Trinajstić information content (AvgIpc) is 2.28. The summed E-state index contributed by atoms with van der Waals surface area (Å²) in [6.45, 7) is 1.31. The second-order valence-corrected chi connectivity index (χ2v) is 5.90. The molecule has 0 spiro atoms. The zero-order valence-corrected chi connectivity index (χ0v) is 11.7. The maximum Gasteiger partial charge on any atom is 0.158 e. The van der Waals surface area contributed by atoms with Gasteiger partial charge in [-0.3, -0.25) is 0 Å². The number of aromatic nitrogens is 2. The maximum absolute atomic E-state index is 5.76. The first-order valence-corrected chi connectivity index (χ1v) is 7.31. The molecule has 1 fully saturated rings. The van der Waals surface area contributed by atoms with Crippen molar-refractivity contribution in [3.05, 3.63) is 11.9 Å². The third-order valence-electron chi connectivity index (χ3n) is 3.36. The molecule has 1 saturated carbocycles. The molecule has 1 aliphatic carbocycles. The van der Waals surface area contributed by atoms with Crippen LogP contribution in [0.4, 0.5) is 11.6 Å². The van der Waals surface area contributed by atoms with Crippen LogP contribution >= 0.6 is 11.8 Å². The van der Waals surface area contributed by atoms with E-state index in [-0.39, 0.29) is 0 Å². The van der Waals surface area contributed by atoms with E-state index < -0.39 is 0 Å². The Morgan fingerprint density at radius 3 is 2.83 bits per heavy atom. The Labute approximate surface area is 112 Å². The lowest BCUT2D eigenvalue weighted by Gasteiger charge is -2.40. The summed E-state index contributed by atoms with van der Waals surface area (Å²) < 4.78 is 5.40. The lowest BCUT2D eigenvalue weighted by Crippen LogP contribution is -2.40. The predicted octanol–water partition coefficient (Wildman–Crippen LogP) is 1.90. The summed E-state index contributed by atoms with van der Waals surface area (Å²) >= 11 is 1.94. The minimum atomic E-state index is 0.376. The quantitative estimate of drug-likeness (QED) is 0.821. The van der Waals surface area contributed by atoms with Gasteiger partial charge in [0, 0.05) is 24.5 Å². The van der Waals surface area contributed by atoms with Crippen LogP contribution in [0.2, 0.25) is 0 Å². The zero-order valence-electron chi connectivity index (χ0n) is 10.9. The normalized spacial score (nSPS) is 17.2. The molecule has 0 atom stereocenters. The van der Waals surface area contributed by atoms with E-state index in [4.69, 9.17) is 10.5 Å². The van der Waals surface area contributed by atoms with Crippen molar-refractivity contribution in [3.63, 3.8) is 0 Å². The minimum absolute atomic E-state index is 0.376. The van der Waals surface area contributed by atoms with Gasteiger partial charge in [0.25, 0.3) is 0 Å². The van der Waals surface area contributed by atoms with E-state index in [0.717, 1.165) is 12.4 Å². The molecule has 0 aliphatic heterocycles. The van der Waals surface area contributed by atoms with Crippen LogP contribution in [0, 0.1) is 0 Å². The number of nitrogens with zero attached hydrogens (tertiary/aromatic N) is 2. The van der Waals surface area contributed by atoms with E-state index in [1.165, 1.54) is 19.3 Å². The molecule has 18 heavy (non-hydrogen) atoms. The number of hydrogen-bond donors (Lipinski definition) is 2. The monoisotopic (exact) mass is 268 g/mol. The Hall–Kier alpha value is -1.01. The first-order valence-electron chi connectivity index (χ1n) is 6.09. The van der Waals surface area contributed by atoms with Crippen molar-refractivity contribution in [1.29, 1.82) is 0 Å². The van der Waals surface area contributed by atoms with E-state index in [1.807, 2.05) is 11.8 Å². The van der Waals surface area contributed by atoms with Crippen LogP contribution < -0.4 is 11.1 Å². The van der Waals surface area contributed by atoms with Gasteiger partial charge in [-0.1, -0.05) is 6.42 Å². The second-order valence-electron chi connectivity index (χ2n) is 4.62. The molecule has 6 heteroatoms. The minimum Gasteiger partial charge on any atom is -0.384 e. The number of hydrogen-bond acceptors (Lipinski definition) is 6. The van der Waals surface area contributed by atoms with Crippen molar-refractivity contribution >= 4 is 23.4 Å². The van der Waals surface area contributed by atoms with E-state index >= 15 is 0 Å². The molecule has 1 heterocycles. The third kappa shape index (κ3) is 3.05. The Kier molecular flexibility index (Phi) is 4.29. The molecule has 0 radical (unpaired) electrons. The van der Waals surface area contributed by atoms with Gasteiger partial charge in [0.2, 0.25) is 0 Å². The molecule has 2 rings (SSSR count). The van der Waals surface area contributed by atoms with Crippen molar-refractivity contribution in [3.8, 4) is 0 Å². The third-order valence-corrected chi connectivity index (χ3v) is 4.77. The van der Waals surface area contributed by atoms with Gasteiger partial charge in [-0.2, -0.15) is 11.8 Å². The number of methoxy groups -OCH3 is 1. The summed E-state index contributed by atoms with van der Waals surface area (Å²) in [6, 6.07) is 1.77. The highest BCUT2D eigenvalue weighted by molar-refractivity contribution is 8.00. The highest BCUT2D eigenvalue weighted by atomic mass is 32.2. The summed E-state index contributed by atoms with van der Waals surface area (Å²) in [5.74, 6) is 1.88. The molecule has 0 amide bonds. The molecule has 1 aromatic rings. The second kappa shape index (κ2) is 5.75. The van der Waals surface area contributed by atoms with Crippen molar-refractivity contribution in [2.24, 2.45) is 0 Å². The Balaban J connectivity index is 2.00. The number of nitrogens with two attached hydrogens (primary N) is 1. The Morgan fingerprint density at radius 2 is 2.28 bits per heavy atom. The SMILES string of the molecule is COCc1nc(N)cc(NCC2(SC)CCC2)n1. The number of rotatable bonds is 6. The van der Waals surface area contributed by atoms with Crippen molar-refractivity contribution in [2.75, 3.05) is 31.0 Å². The van der Waals surface area contributed by atoms with Crippen LogP contribution in [0.25, 0.3) is 0 Å². The van der Waals surface area contributed by atoms with Gasteiger partial charge >= 0.3 is 0 Å². The molecule has 0 bridgehead atoms. The lowest BCUT2D eigenvalue weighted by atomic mass is 9.84. The van der Waals surface area contributed by atoms with Crippen molar-refractivity contribution < 1.29 is 4.74 Å². The highest BCUT2D eigenvalue weighted by Crippen LogP contribution is 2.42. The van der Waals surface area contributed by atoms with E-state index in [9.17, 15) is 0 Å². The van der Waals surface area contributed by atoms with E-state index in [1.54, 1.807) is 13.2 Å². The summed E-state index contributed by atoms with van der Waals surface area (Å²) in [5.41, 5.74) is 5.76. The van der Waals surface area contributed by atoms with Crippen LogP contribution in [0.5, 0.6) is 0 Å². The fourth-order valence-electron chi connectivity index (χ4n) is 2.08. The molecular weight excluding hydrogens is 248 g/mol. The first kappa shape index (κ1) is 13.4. The molecular formula is C12H20N4OS. The smallest absolute Gasteiger partial charge is 0.158 e. The number of thioether (sulfide) groups is 1. The van der Waals surface area contributed by atoms with E-state index in [0.29, 0.717) is 23.0 Å². The fourth-order valence-corrected chi connectivity index (χ4v) is 2.99. The highest BCUT2D eigenvalue weighted by Gasteiger charge is 2.35. The lowest BCUT2D eigenvalue weighted by molar-refractivity contribution is 0.178. The fraction of sp³-hybridized carbons (Fsp3) is 0.667. The van der Waals surface area contributed by atoms with Crippen LogP contribution in [0.1, 0.15) is 25.1 Å². The molecule has 0 unspecified atom stereocenters. The van der Waals surface area contributed by atoms with Gasteiger partial charge < -0.3 is 15.8 Å². The Bertz CT molecular complexity index is 404. The number of ether oxygens (including phenoxy) is 1. The van der Waals surface area contributed by atoms with Crippen LogP contribution in [0.15, 0.2) is 6.07 Å². The first-order chi connectivity index (χ1) is 8.67. The molecule has 0 saturated heterocycles. The molecule has 5 nitrogen and oxygen atoms in total. The van der Waals surface area contributed by atoms with Crippen molar-refractivity contribution in [2.45, 2.75) is 30.6 Å². The number of nitrogen functional groups attached to an aromatic ring is 1. The maximum atomic E-state index is 5.76. The average molecular weight is 268 g/mol. The van der Waals surface area contributed by atoms with Crippen LogP contribution in [-0.4, -0.2) is 34.6 Å². The van der Waals surface area contributed by atoms with Gasteiger partial charge in [-0.15, -0.1) is 0 Å². The summed E-state index contributed by atoms with van der Waals surface area (Å²) in [7, 11) is 1.62. The van der Waals surface area contributed by atoms with Gasteiger partial charge in [-0.05, 0) is 19.1 Å². The topological polar surface area (TPSA) is 73.1 Å². The summed E-state index contributed by atoms with van der Waals surface area (Å²) in [6.07, 6.45) is 6.04. The predicted molar refractivity (Wildman–Crippen MR) is 75.7 cm³/mol. The molecule has 1 aromatic heterocycles. The number of nitrogens with one attached hydrogen (secondary N) is 1. The van der Waals surface area contributed by atoms with Crippen LogP contribution in [-0.2, 0) is 11.3 Å². The van der Waals surface area contributed by atoms with Gasteiger partial charge in [0.15, 0.2) is 5.82 Å². The van der Waals surface area contributed by atoms with Gasteiger partial charge in [-0.25, -0.2) is 9.97 Å². The molecule has 1 aliphatic rings. The van der Waals surface area contributed by atoms with E-state index in [2.05, 4.69) is 21.5 Å². The zero-order chi connectivity index (χ0) is 13.0. The number of anilines is 2. The summed E-state index contributed by atoms with van der Waals surface area (Å²) in [4.78, 5) is 8.50.